The minimum absolute atomic E-state index is 0.191. The maximum Gasteiger partial charge on any atom is 0.264 e. The third kappa shape index (κ3) is 4.68. The van der Waals surface area contributed by atoms with Crippen LogP contribution < -0.4 is 14.8 Å². The van der Waals surface area contributed by atoms with Gasteiger partial charge >= 0.3 is 0 Å². The number of aromatic nitrogens is 1. The van der Waals surface area contributed by atoms with Gasteiger partial charge in [-0.15, -0.1) is 11.3 Å². The van der Waals surface area contributed by atoms with Gasteiger partial charge in [-0.25, -0.2) is 4.98 Å². The predicted octanol–water partition coefficient (Wildman–Crippen LogP) is 3.50. The number of benzene rings is 1. The number of hydrogen-bond acceptors (Lipinski definition) is 6. The maximum atomic E-state index is 11.9. The van der Waals surface area contributed by atoms with Gasteiger partial charge in [-0.1, -0.05) is 0 Å². The molecule has 2 rings (SSSR count). The van der Waals surface area contributed by atoms with Gasteiger partial charge in [0, 0.05) is 17.1 Å². The van der Waals surface area contributed by atoms with E-state index >= 15 is 0 Å². The molecule has 6 nitrogen and oxygen atoms in total. The molecule has 1 aromatic carbocycles. The summed E-state index contributed by atoms with van der Waals surface area (Å²) in [5.74, 6) is 0.477. The van der Waals surface area contributed by atoms with Gasteiger partial charge in [-0.3, -0.25) is 10.1 Å². The number of halogens is 1. The molecule has 0 saturated carbocycles. The second kappa shape index (κ2) is 7.94. The average molecular weight is 396 g/mol. The van der Waals surface area contributed by atoms with Crippen molar-refractivity contribution in [1.82, 2.24) is 4.98 Å². The van der Waals surface area contributed by atoms with Crippen molar-refractivity contribution in [2.24, 2.45) is 0 Å². The molecule has 1 aromatic heterocycles. The number of nitrogens with one attached hydrogen (secondary N) is 1. The van der Waals surface area contributed by atoms with Crippen molar-refractivity contribution in [3.8, 4) is 17.6 Å². The fraction of sp³-hybridized carbons (Fsp3) is 0.267. The van der Waals surface area contributed by atoms with E-state index in [1.54, 1.807) is 18.3 Å². The SMILES string of the molecule is CCOc1cc(C#N)cc(Br)c1OCC(=O)Nc1ncc(C)s1. The van der Waals surface area contributed by atoms with Crippen molar-refractivity contribution in [1.29, 1.82) is 5.26 Å². The van der Waals surface area contributed by atoms with Gasteiger partial charge in [0.15, 0.2) is 23.2 Å². The van der Waals surface area contributed by atoms with Gasteiger partial charge in [-0.2, -0.15) is 5.26 Å². The number of nitrogens with zero attached hydrogens (tertiary/aromatic N) is 2. The van der Waals surface area contributed by atoms with Gasteiger partial charge in [0.1, 0.15) is 0 Å². The van der Waals surface area contributed by atoms with E-state index in [1.807, 2.05) is 19.9 Å². The fourth-order valence-corrected chi connectivity index (χ4v) is 2.98. The van der Waals surface area contributed by atoms with Crippen molar-refractivity contribution in [3.63, 3.8) is 0 Å². The molecule has 1 N–H and O–H groups in total. The van der Waals surface area contributed by atoms with E-state index in [2.05, 4.69) is 26.2 Å². The molecule has 23 heavy (non-hydrogen) atoms. The van der Waals surface area contributed by atoms with Crippen molar-refractivity contribution >= 4 is 38.3 Å². The van der Waals surface area contributed by atoms with Crippen LogP contribution in [-0.2, 0) is 4.79 Å². The third-order valence-electron chi connectivity index (χ3n) is 2.65. The summed E-state index contributed by atoms with van der Waals surface area (Å²) in [6.45, 7) is 3.96. The summed E-state index contributed by atoms with van der Waals surface area (Å²) in [6, 6.07) is 5.23. The van der Waals surface area contributed by atoms with Gasteiger partial charge < -0.3 is 9.47 Å². The van der Waals surface area contributed by atoms with Crippen molar-refractivity contribution in [2.75, 3.05) is 18.5 Å². The Balaban J connectivity index is 2.07. The highest BCUT2D eigenvalue weighted by molar-refractivity contribution is 9.10. The van der Waals surface area contributed by atoms with Gasteiger partial charge in [-0.05, 0) is 35.8 Å². The van der Waals surface area contributed by atoms with Crippen LogP contribution in [-0.4, -0.2) is 24.1 Å². The Morgan fingerprint density at radius 1 is 1.48 bits per heavy atom. The molecule has 0 atom stereocenters. The van der Waals surface area contributed by atoms with Crippen LogP contribution >= 0.6 is 27.3 Å². The zero-order valence-electron chi connectivity index (χ0n) is 12.6. The molecule has 2 aromatic rings. The lowest BCUT2D eigenvalue weighted by Gasteiger charge is -2.13. The number of hydrogen-bond donors (Lipinski definition) is 1. The number of nitriles is 1. The molecule has 1 amide bonds. The maximum absolute atomic E-state index is 11.9. The van der Waals surface area contributed by atoms with Crippen LogP contribution in [0, 0.1) is 18.3 Å². The Kier molecular flexibility index (Phi) is 5.96. The van der Waals surface area contributed by atoms with E-state index in [-0.39, 0.29) is 12.5 Å². The molecule has 1 heterocycles. The van der Waals surface area contributed by atoms with Crippen LogP contribution in [0.25, 0.3) is 0 Å². The number of carbonyl (C=O) groups excluding carboxylic acids is 1. The van der Waals surface area contributed by atoms with Gasteiger partial charge in [0.2, 0.25) is 0 Å². The Morgan fingerprint density at radius 3 is 2.87 bits per heavy atom. The molecule has 8 heteroatoms. The smallest absolute Gasteiger partial charge is 0.264 e. The summed E-state index contributed by atoms with van der Waals surface area (Å²) >= 11 is 4.72. The Hall–Kier alpha value is -2.11. The van der Waals surface area contributed by atoms with E-state index in [0.29, 0.717) is 33.3 Å². The molecule has 0 unspecified atom stereocenters. The minimum atomic E-state index is -0.321. The highest BCUT2D eigenvalue weighted by Crippen LogP contribution is 2.36. The van der Waals surface area contributed by atoms with Crippen LogP contribution in [0.5, 0.6) is 11.5 Å². The first-order valence-corrected chi connectivity index (χ1v) is 8.36. The normalized spacial score (nSPS) is 10.0. The van der Waals surface area contributed by atoms with E-state index in [1.165, 1.54) is 11.3 Å². The molecule has 120 valence electrons. The first kappa shape index (κ1) is 17.2. The number of rotatable bonds is 6. The summed E-state index contributed by atoms with van der Waals surface area (Å²) in [5.41, 5.74) is 0.440. The number of aryl methyl sites for hydroxylation is 1. The van der Waals surface area contributed by atoms with Crippen molar-refractivity contribution in [3.05, 3.63) is 33.2 Å². The minimum Gasteiger partial charge on any atom is -0.490 e. The largest absolute Gasteiger partial charge is 0.490 e. The van der Waals surface area contributed by atoms with Crippen molar-refractivity contribution in [2.45, 2.75) is 13.8 Å². The molecule has 0 aliphatic carbocycles. The Morgan fingerprint density at radius 2 is 2.26 bits per heavy atom. The number of ether oxygens (including phenoxy) is 2. The summed E-state index contributed by atoms with van der Waals surface area (Å²) in [6.07, 6.45) is 1.69. The molecule has 0 spiro atoms. The standard InChI is InChI=1S/C15H14BrN3O3S/c1-3-21-12-5-10(6-17)4-11(16)14(12)22-8-13(20)19-15-18-7-9(2)23-15/h4-5,7H,3,8H2,1-2H3,(H,18,19,20). The fourth-order valence-electron chi connectivity index (χ4n) is 1.74. The van der Waals surface area contributed by atoms with E-state index < -0.39 is 0 Å². The lowest BCUT2D eigenvalue weighted by Crippen LogP contribution is -2.20. The molecule has 0 fully saturated rings. The number of thiazole rings is 1. The first-order chi connectivity index (χ1) is 11.0. The summed E-state index contributed by atoms with van der Waals surface area (Å²) in [7, 11) is 0. The quantitative estimate of drug-likeness (QED) is 0.808. The Bertz CT molecular complexity index is 755. The van der Waals surface area contributed by atoms with Crippen LogP contribution in [0.1, 0.15) is 17.4 Å². The second-order valence-corrected chi connectivity index (χ2v) is 6.53. The molecule has 0 radical (unpaired) electrons. The van der Waals surface area contributed by atoms with E-state index in [4.69, 9.17) is 14.7 Å². The predicted molar refractivity (Wildman–Crippen MR) is 91.0 cm³/mol. The van der Waals surface area contributed by atoms with Crippen molar-refractivity contribution < 1.29 is 14.3 Å². The van der Waals surface area contributed by atoms with E-state index in [9.17, 15) is 4.79 Å². The molecule has 0 bridgehead atoms. The summed E-state index contributed by atoms with van der Waals surface area (Å²) in [4.78, 5) is 17.0. The topological polar surface area (TPSA) is 84.2 Å². The highest BCUT2D eigenvalue weighted by atomic mass is 79.9. The van der Waals surface area contributed by atoms with E-state index in [0.717, 1.165) is 4.88 Å². The first-order valence-electron chi connectivity index (χ1n) is 6.75. The summed E-state index contributed by atoms with van der Waals surface area (Å²) in [5, 5.41) is 12.2. The monoisotopic (exact) mass is 395 g/mol. The van der Waals surface area contributed by atoms with Crippen LogP contribution in [0.15, 0.2) is 22.8 Å². The lowest BCUT2D eigenvalue weighted by molar-refractivity contribution is -0.118. The molecular weight excluding hydrogens is 382 g/mol. The lowest BCUT2D eigenvalue weighted by atomic mass is 10.2. The molecule has 0 aliphatic heterocycles. The molecule has 0 saturated heterocycles. The number of anilines is 1. The molecular formula is C15H14BrN3O3S. The average Bonchev–Trinajstić information content (AvgIpc) is 2.91. The highest BCUT2D eigenvalue weighted by Gasteiger charge is 2.14. The zero-order chi connectivity index (χ0) is 16.8. The second-order valence-electron chi connectivity index (χ2n) is 4.44. The Labute approximate surface area is 146 Å². The molecule has 0 aliphatic rings. The number of carbonyl (C=O) groups is 1. The van der Waals surface area contributed by atoms with Gasteiger partial charge in [0.25, 0.3) is 5.91 Å². The number of amides is 1. The van der Waals surface area contributed by atoms with Crippen LogP contribution in [0.2, 0.25) is 0 Å². The van der Waals surface area contributed by atoms with Crippen LogP contribution in [0.4, 0.5) is 5.13 Å². The third-order valence-corrected chi connectivity index (χ3v) is 4.07. The zero-order valence-corrected chi connectivity index (χ0v) is 15.0. The van der Waals surface area contributed by atoms with Crippen LogP contribution in [0.3, 0.4) is 0 Å². The van der Waals surface area contributed by atoms with Gasteiger partial charge in [0.05, 0.1) is 22.7 Å². The summed E-state index contributed by atoms with van der Waals surface area (Å²) < 4.78 is 11.6.